The molecule has 158 valence electrons. The fourth-order valence-electron chi connectivity index (χ4n) is 4.53. The molecule has 31 heavy (non-hydrogen) atoms. The van der Waals surface area contributed by atoms with E-state index in [1.165, 1.54) is 27.8 Å². The van der Waals surface area contributed by atoms with Crippen LogP contribution in [0.15, 0.2) is 54.6 Å². The summed E-state index contributed by atoms with van der Waals surface area (Å²) < 4.78 is 1.97. The molecule has 0 aliphatic carbocycles. The fraction of sp³-hybridized carbons (Fsp3) is 0.308. The van der Waals surface area contributed by atoms with E-state index in [-0.39, 0.29) is 0 Å². The average molecular weight is 412 g/mol. The molecule has 0 saturated carbocycles. The molecule has 0 amide bonds. The molecule has 2 aliphatic rings. The lowest BCUT2D eigenvalue weighted by molar-refractivity contribution is 0.738. The maximum Gasteiger partial charge on any atom is 0.116 e. The summed E-state index contributed by atoms with van der Waals surface area (Å²) in [5.41, 5.74) is 10.9. The van der Waals surface area contributed by atoms with Crippen LogP contribution in [0.1, 0.15) is 35.2 Å². The first-order valence-electron chi connectivity index (χ1n) is 11.1. The highest BCUT2D eigenvalue weighted by Gasteiger charge is 2.15. The van der Waals surface area contributed by atoms with Gasteiger partial charge in [-0.15, -0.1) is 5.10 Å². The molecule has 5 rings (SSSR count). The van der Waals surface area contributed by atoms with E-state index in [4.69, 9.17) is 0 Å². The largest absolute Gasteiger partial charge is 0.313 e. The molecule has 3 aromatic rings. The van der Waals surface area contributed by atoms with Gasteiger partial charge in [-0.3, -0.25) is 0 Å². The highest BCUT2D eigenvalue weighted by Crippen LogP contribution is 2.28. The Morgan fingerprint density at radius 3 is 2.00 bits per heavy atom. The third-order valence-corrected chi connectivity index (χ3v) is 6.35. The van der Waals surface area contributed by atoms with Crippen LogP contribution in [0, 0.1) is 13.8 Å². The van der Waals surface area contributed by atoms with Gasteiger partial charge in [0.15, 0.2) is 0 Å². The van der Waals surface area contributed by atoms with Gasteiger partial charge in [0.05, 0.1) is 11.4 Å². The summed E-state index contributed by atoms with van der Waals surface area (Å²) in [6, 6.07) is 15.4. The van der Waals surface area contributed by atoms with Gasteiger partial charge >= 0.3 is 0 Å². The van der Waals surface area contributed by atoms with Crippen LogP contribution < -0.4 is 10.6 Å². The lowest BCUT2D eigenvalue weighted by Crippen LogP contribution is -2.20. The zero-order valence-corrected chi connectivity index (χ0v) is 18.3. The lowest BCUT2D eigenvalue weighted by atomic mass is 9.97. The van der Waals surface area contributed by atoms with Crippen molar-refractivity contribution in [3.63, 3.8) is 0 Å². The third-order valence-electron chi connectivity index (χ3n) is 6.35. The second-order valence-corrected chi connectivity index (χ2v) is 8.38. The summed E-state index contributed by atoms with van der Waals surface area (Å²) in [5, 5.41) is 15.8. The molecule has 0 saturated heterocycles. The predicted octanol–water partition coefficient (Wildman–Crippen LogP) is 4.30. The molecule has 0 radical (unpaired) electrons. The van der Waals surface area contributed by atoms with Crippen LogP contribution in [-0.2, 0) is 0 Å². The first-order valence-corrected chi connectivity index (χ1v) is 11.1. The lowest BCUT2D eigenvalue weighted by Gasteiger charge is -2.16. The number of aryl methyl sites for hydroxylation is 1. The summed E-state index contributed by atoms with van der Waals surface area (Å²) in [6.07, 6.45) is 6.73. The summed E-state index contributed by atoms with van der Waals surface area (Å²) in [4.78, 5) is 0. The molecule has 0 fully saturated rings. The van der Waals surface area contributed by atoms with Crippen molar-refractivity contribution in [3.05, 3.63) is 77.0 Å². The molecule has 1 aromatic heterocycles. The minimum absolute atomic E-state index is 0.940. The zero-order chi connectivity index (χ0) is 21.2. The van der Waals surface area contributed by atoms with E-state index in [0.29, 0.717) is 0 Å². The second-order valence-electron chi connectivity index (χ2n) is 8.38. The predicted molar refractivity (Wildman–Crippen MR) is 127 cm³/mol. The number of hydrogen-bond acceptors (Lipinski definition) is 4. The van der Waals surface area contributed by atoms with Gasteiger partial charge in [-0.05, 0) is 79.7 Å². The summed E-state index contributed by atoms with van der Waals surface area (Å²) in [7, 11) is 0. The molecule has 0 atom stereocenters. The van der Waals surface area contributed by atoms with Gasteiger partial charge in [-0.1, -0.05) is 47.7 Å². The van der Waals surface area contributed by atoms with E-state index in [9.17, 15) is 0 Å². The Labute approximate surface area is 183 Å². The maximum atomic E-state index is 4.53. The van der Waals surface area contributed by atoms with E-state index in [1.807, 2.05) is 4.68 Å². The van der Waals surface area contributed by atoms with Crippen LogP contribution >= 0.6 is 0 Å². The van der Waals surface area contributed by atoms with Crippen LogP contribution in [0.2, 0.25) is 0 Å². The molecular formula is C26H29N5. The van der Waals surface area contributed by atoms with Gasteiger partial charge in [0.1, 0.15) is 5.69 Å². The number of benzene rings is 2. The van der Waals surface area contributed by atoms with Gasteiger partial charge in [-0.25, -0.2) is 4.68 Å². The Morgan fingerprint density at radius 2 is 1.39 bits per heavy atom. The van der Waals surface area contributed by atoms with Crippen molar-refractivity contribution < 1.29 is 0 Å². The number of nitrogens with zero attached hydrogens (tertiary/aromatic N) is 3. The first kappa shape index (κ1) is 19.9. The molecule has 0 spiro atoms. The Kier molecular flexibility index (Phi) is 5.53. The quantitative estimate of drug-likeness (QED) is 0.672. The van der Waals surface area contributed by atoms with Gasteiger partial charge in [0.25, 0.3) is 0 Å². The van der Waals surface area contributed by atoms with Crippen LogP contribution in [0.4, 0.5) is 0 Å². The third kappa shape index (κ3) is 3.99. The van der Waals surface area contributed by atoms with Gasteiger partial charge in [0, 0.05) is 18.7 Å². The SMILES string of the molecule is Cc1cc(C2=CCNCC2)ccc1-n1nnc(-c2ccc(C3=CCNCC3)cc2)c1C. The van der Waals surface area contributed by atoms with Gasteiger partial charge in [0.2, 0.25) is 0 Å². The van der Waals surface area contributed by atoms with E-state index in [2.05, 4.69) is 89.4 Å². The molecule has 0 bridgehead atoms. The summed E-state index contributed by atoms with van der Waals surface area (Å²) in [5.74, 6) is 0. The number of nitrogens with one attached hydrogen (secondary N) is 2. The minimum atomic E-state index is 0.940. The topological polar surface area (TPSA) is 54.8 Å². The van der Waals surface area contributed by atoms with Crippen molar-refractivity contribution in [2.45, 2.75) is 26.7 Å². The molecule has 5 nitrogen and oxygen atoms in total. The summed E-state index contributed by atoms with van der Waals surface area (Å²) >= 11 is 0. The normalized spacial score (nSPS) is 16.7. The average Bonchev–Trinajstić information content (AvgIpc) is 3.21. The second kappa shape index (κ2) is 8.61. The Bertz CT molecular complexity index is 1150. The first-order chi connectivity index (χ1) is 15.2. The van der Waals surface area contributed by atoms with Crippen molar-refractivity contribution in [2.24, 2.45) is 0 Å². The zero-order valence-electron chi connectivity index (χ0n) is 18.3. The van der Waals surface area contributed by atoms with Crippen LogP contribution in [-0.4, -0.2) is 41.2 Å². The maximum absolute atomic E-state index is 4.53. The highest BCUT2D eigenvalue weighted by atomic mass is 15.4. The molecule has 2 N–H and O–H groups in total. The molecule has 5 heteroatoms. The van der Waals surface area contributed by atoms with Crippen molar-refractivity contribution in [1.29, 1.82) is 0 Å². The monoisotopic (exact) mass is 411 g/mol. The molecule has 3 heterocycles. The van der Waals surface area contributed by atoms with E-state index in [1.54, 1.807) is 0 Å². The molecule has 0 unspecified atom stereocenters. The smallest absolute Gasteiger partial charge is 0.116 e. The summed E-state index contributed by atoms with van der Waals surface area (Å²) in [6.45, 7) is 8.26. The minimum Gasteiger partial charge on any atom is -0.313 e. The Hall–Kier alpha value is -3.02. The van der Waals surface area contributed by atoms with Crippen molar-refractivity contribution >= 4 is 11.1 Å². The van der Waals surface area contributed by atoms with Crippen molar-refractivity contribution in [2.75, 3.05) is 26.2 Å². The standard InChI is InChI=1S/C26H29N5/c1-18-17-24(22-11-15-28-16-12-22)7-8-25(18)31-19(2)26(29-30-31)23-5-3-20(4-6-23)21-9-13-27-14-10-21/h3-9,11,17,27-28H,10,12-16H2,1-2H3. The van der Waals surface area contributed by atoms with Gasteiger partial charge < -0.3 is 10.6 Å². The number of hydrogen-bond donors (Lipinski definition) is 2. The van der Waals surface area contributed by atoms with Crippen LogP contribution in [0.25, 0.3) is 28.1 Å². The van der Waals surface area contributed by atoms with Crippen LogP contribution in [0.3, 0.4) is 0 Å². The van der Waals surface area contributed by atoms with E-state index < -0.39 is 0 Å². The van der Waals surface area contributed by atoms with E-state index >= 15 is 0 Å². The van der Waals surface area contributed by atoms with Gasteiger partial charge in [-0.2, -0.15) is 0 Å². The number of rotatable bonds is 4. The molecule has 2 aliphatic heterocycles. The van der Waals surface area contributed by atoms with E-state index in [0.717, 1.165) is 61.7 Å². The number of aromatic nitrogens is 3. The molecular weight excluding hydrogens is 382 g/mol. The fourth-order valence-corrected chi connectivity index (χ4v) is 4.53. The van der Waals surface area contributed by atoms with Crippen molar-refractivity contribution in [3.8, 4) is 16.9 Å². The molecule has 2 aromatic carbocycles. The van der Waals surface area contributed by atoms with Crippen LogP contribution in [0.5, 0.6) is 0 Å². The highest BCUT2D eigenvalue weighted by molar-refractivity contribution is 5.71. The Morgan fingerprint density at radius 1 is 0.774 bits per heavy atom. The van der Waals surface area contributed by atoms with Crippen molar-refractivity contribution in [1.82, 2.24) is 25.6 Å². The Balaban J connectivity index is 1.42.